The first-order chi connectivity index (χ1) is 19.7. The van der Waals surface area contributed by atoms with Crippen LogP contribution in [0.4, 0.5) is 11.4 Å². The molecule has 1 saturated heterocycles. The molecule has 216 valence electrons. The standard InChI is InChI=1S/C31H34BrClN4O4/c1-19-18-35(2)13-14-36(19)26-10-7-22(32)16-25(26)34-30(38)31(39)37-12-11-21-15-27(40-3)28(41-4)17-24(21)29(37)20-5-8-23(33)9-6-20/h5-10,15-17,19,29H,11-14,18H2,1-4H3,(H,34,38). The maximum Gasteiger partial charge on any atom is 0.313 e. The van der Waals surface area contributed by atoms with E-state index in [1.165, 1.54) is 0 Å². The lowest BCUT2D eigenvalue weighted by Gasteiger charge is -2.40. The Hall–Kier alpha value is -3.27. The van der Waals surface area contributed by atoms with Gasteiger partial charge in [-0.15, -0.1) is 0 Å². The number of ether oxygens (including phenoxy) is 2. The lowest BCUT2D eigenvalue weighted by atomic mass is 9.87. The summed E-state index contributed by atoms with van der Waals surface area (Å²) in [4.78, 5) is 33.8. The number of hydrogen-bond donors (Lipinski definition) is 1. The summed E-state index contributed by atoms with van der Waals surface area (Å²) in [6.07, 6.45) is 0.569. The van der Waals surface area contributed by atoms with E-state index < -0.39 is 17.9 Å². The quantitative estimate of drug-likeness (QED) is 0.378. The maximum atomic E-state index is 13.9. The van der Waals surface area contributed by atoms with Crippen LogP contribution in [-0.2, 0) is 16.0 Å². The molecule has 0 spiro atoms. The minimum absolute atomic E-state index is 0.251. The largest absolute Gasteiger partial charge is 0.493 e. The molecule has 0 saturated carbocycles. The molecule has 2 unspecified atom stereocenters. The molecule has 8 nitrogen and oxygen atoms in total. The number of rotatable bonds is 5. The van der Waals surface area contributed by atoms with Gasteiger partial charge in [0.15, 0.2) is 11.5 Å². The third-order valence-corrected chi connectivity index (χ3v) is 8.61. The monoisotopic (exact) mass is 640 g/mol. The zero-order valence-corrected chi connectivity index (χ0v) is 26.0. The van der Waals surface area contributed by atoms with Gasteiger partial charge in [-0.3, -0.25) is 9.59 Å². The maximum absolute atomic E-state index is 13.9. The van der Waals surface area contributed by atoms with Crippen molar-refractivity contribution in [3.8, 4) is 11.5 Å². The van der Waals surface area contributed by atoms with Crippen LogP contribution in [0.15, 0.2) is 59.1 Å². The molecule has 3 aromatic carbocycles. The summed E-state index contributed by atoms with van der Waals surface area (Å²) in [6.45, 7) is 5.18. The molecule has 0 aromatic heterocycles. The molecular formula is C31H34BrClN4O4. The van der Waals surface area contributed by atoms with Gasteiger partial charge in [-0.1, -0.05) is 39.7 Å². The average molecular weight is 642 g/mol. The predicted octanol–water partition coefficient (Wildman–Crippen LogP) is 5.37. The molecule has 0 aliphatic carbocycles. The van der Waals surface area contributed by atoms with E-state index in [0.717, 1.165) is 46.5 Å². The Morgan fingerprint density at radius 1 is 0.976 bits per heavy atom. The fourth-order valence-corrected chi connectivity index (χ4v) is 6.32. The number of hydrogen-bond acceptors (Lipinski definition) is 6. The number of nitrogens with zero attached hydrogens (tertiary/aromatic N) is 3. The number of amides is 2. The van der Waals surface area contributed by atoms with Gasteiger partial charge >= 0.3 is 11.8 Å². The van der Waals surface area contributed by atoms with Crippen molar-refractivity contribution in [3.63, 3.8) is 0 Å². The SMILES string of the molecule is COc1cc2c(cc1OC)C(c1ccc(Cl)cc1)N(C(=O)C(=O)Nc1cc(Br)ccc1N1CCN(C)CC1C)CC2. The Kier molecular flexibility index (Phi) is 8.77. The Labute approximate surface area is 254 Å². The fraction of sp³-hybridized carbons (Fsp3) is 0.355. The van der Waals surface area contributed by atoms with Crippen molar-refractivity contribution in [1.82, 2.24) is 9.80 Å². The summed E-state index contributed by atoms with van der Waals surface area (Å²) in [5, 5.41) is 3.53. The highest BCUT2D eigenvalue weighted by Gasteiger charge is 2.36. The van der Waals surface area contributed by atoms with Gasteiger partial charge in [-0.2, -0.15) is 0 Å². The summed E-state index contributed by atoms with van der Waals surface area (Å²) in [6, 6.07) is 16.7. The van der Waals surface area contributed by atoms with Crippen LogP contribution in [0.2, 0.25) is 5.02 Å². The van der Waals surface area contributed by atoms with Crippen LogP contribution < -0.4 is 19.7 Å². The van der Waals surface area contributed by atoms with Gasteiger partial charge in [0.05, 0.1) is 31.6 Å². The smallest absolute Gasteiger partial charge is 0.313 e. The van der Waals surface area contributed by atoms with E-state index in [-0.39, 0.29) is 6.04 Å². The Bertz CT molecular complexity index is 1450. The first kappa shape index (κ1) is 29.2. The number of piperazine rings is 1. The minimum Gasteiger partial charge on any atom is -0.493 e. The Morgan fingerprint density at radius 3 is 2.37 bits per heavy atom. The molecular weight excluding hydrogens is 608 g/mol. The first-order valence-corrected chi connectivity index (χ1v) is 14.7. The average Bonchev–Trinajstić information content (AvgIpc) is 2.96. The normalized spacial score (nSPS) is 19.0. The van der Waals surface area contributed by atoms with Crippen LogP contribution in [0.5, 0.6) is 11.5 Å². The summed E-state index contributed by atoms with van der Waals surface area (Å²) in [5.41, 5.74) is 4.25. The molecule has 3 aromatic rings. The lowest BCUT2D eigenvalue weighted by Crippen LogP contribution is -2.51. The second-order valence-electron chi connectivity index (χ2n) is 10.5. The topological polar surface area (TPSA) is 74.3 Å². The molecule has 1 N–H and O–H groups in total. The molecule has 1 fully saturated rings. The molecule has 2 aliphatic rings. The number of methoxy groups -OCH3 is 2. The number of likely N-dealkylation sites (N-methyl/N-ethyl adjacent to an activating group) is 1. The highest BCUT2D eigenvalue weighted by molar-refractivity contribution is 9.10. The summed E-state index contributed by atoms with van der Waals surface area (Å²) >= 11 is 9.73. The highest BCUT2D eigenvalue weighted by atomic mass is 79.9. The van der Waals surface area contributed by atoms with Crippen LogP contribution in [0.1, 0.15) is 29.7 Å². The summed E-state index contributed by atoms with van der Waals surface area (Å²) in [7, 11) is 5.29. The van der Waals surface area contributed by atoms with Gasteiger partial charge in [-0.25, -0.2) is 0 Å². The van der Waals surface area contributed by atoms with E-state index in [2.05, 4.69) is 45.0 Å². The molecule has 2 heterocycles. The predicted molar refractivity (Wildman–Crippen MR) is 165 cm³/mol. The van der Waals surface area contributed by atoms with Crippen molar-refractivity contribution in [1.29, 1.82) is 0 Å². The van der Waals surface area contributed by atoms with Gasteiger partial charge in [0, 0.05) is 41.7 Å². The van der Waals surface area contributed by atoms with Crippen LogP contribution in [0, 0.1) is 0 Å². The number of fused-ring (bicyclic) bond motifs is 1. The molecule has 2 amide bonds. The second-order valence-corrected chi connectivity index (χ2v) is 11.9. The third kappa shape index (κ3) is 6.03. The Balaban J connectivity index is 1.48. The molecule has 2 atom stereocenters. The minimum atomic E-state index is -0.686. The van der Waals surface area contributed by atoms with Crippen molar-refractivity contribution < 1.29 is 19.1 Å². The molecule has 2 aliphatic heterocycles. The van der Waals surface area contributed by atoms with Crippen molar-refractivity contribution in [2.24, 2.45) is 0 Å². The lowest BCUT2D eigenvalue weighted by molar-refractivity contribution is -0.144. The number of anilines is 2. The van der Waals surface area contributed by atoms with Crippen LogP contribution >= 0.6 is 27.5 Å². The van der Waals surface area contributed by atoms with Crippen molar-refractivity contribution in [3.05, 3.63) is 80.8 Å². The van der Waals surface area contributed by atoms with Crippen LogP contribution in [0.3, 0.4) is 0 Å². The molecule has 5 rings (SSSR count). The molecule has 0 bridgehead atoms. The van der Waals surface area contributed by atoms with E-state index in [0.29, 0.717) is 35.2 Å². The van der Waals surface area contributed by atoms with Crippen molar-refractivity contribution >= 4 is 50.7 Å². The highest BCUT2D eigenvalue weighted by Crippen LogP contribution is 2.41. The number of carbonyl (C=O) groups is 2. The fourth-order valence-electron chi connectivity index (χ4n) is 5.83. The second kappa shape index (κ2) is 12.3. The van der Waals surface area contributed by atoms with E-state index in [1.807, 2.05) is 42.5 Å². The summed E-state index contributed by atoms with van der Waals surface area (Å²) in [5.74, 6) is -0.111. The van der Waals surface area contributed by atoms with Crippen LogP contribution in [-0.4, -0.2) is 75.1 Å². The molecule has 41 heavy (non-hydrogen) atoms. The number of benzene rings is 3. The van der Waals surface area contributed by atoms with E-state index >= 15 is 0 Å². The number of carbonyl (C=O) groups excluding carboxylic acids is 2. The van der Waals surface area contributed by atoms with Crippen molar-refractivity contribution in [2.45, 2.75) is 25.4 Å². The Morgan fingerprint density at radius 2 is 1.68 bits per heavy atom. The zero-order valence-electron chi connectivity index (χ0n) is 23.6. The molecule has 0 radical (unpaired) electrons. The first-order valence-electron chi connectivity index (χ1n) is 13.6. The van der Waals surface area contributed by atoms with Gasteiger partial charge in [-0.05, 0) is 79.5 Å². The van der Waals surface area contributed by atoms with E-state index in [4.69, 9.17) is 21.1 Å². The number of halogens is 2. The van der Waals surface area contributed by atoms with E-state index in [9.17, 15) is 9.59 Å². The van der Waals surface area contributed by atoms with Crippen LogP contribution in [0.25, 0.3) is 0 Å². The van der Waals surface area contributed by atoms with Gasteiger partial charge in [0.25, 0.3) is 0 Å². The van der Waals surface area contributed by atoms with Gasteiger partial charge in [0.2, 0.25) is 0 Å². The van der Waals surface area contributed by atoms with Gasteiger partial charge in [0.1, 0.15) is 0 Å². The third-order valence-electron chi connectivity index (χ3n) is 7.86. The zero-order chi connectivity index (χ0) is 29.3. The summed E-state index contributed by atoms with van der Waals surface area (Å²) < 4.78 is 11.9. The van der Waals surface area contributed by atoms with Crippen molar-refractivity contribution in [2.75, 3.05) is 57.7 Å². The number of nitrogens with one attached hydrogen (secondary N) is 1. The van der Waals surface area contributed by atoms with E-state index in [1.54, 1.807) is 31.3 Å². The molecule has 10 heteroatoms. The van der Waals surface area contributed by atoms with Gasteiger partial charge < -0.3 is 29.5 Å².